The topological polar surface area (TPSA) is 40.5 Å². The Bertz CT molecular complexity index is 505. The van der Waals surface area contributed by atoms with Gasteiger partial charge in [-0.15, -0.1) is 0 Å². The van der Waals surface area contributed by atoms with Gasteiger partial charge in [0, 0.05) is 24.2 Å². The van der Waals surface area contributed by atoms with Crippen LogP contribution in [0.3, 0.4) is 0 Å². The van der Waals surface area contributed by atoms with Crippen molar-refractivity contribution in [2.45, 2.75) is 19.8 Å². The molecule has 0 bridgehead atoms. The van der Waals surface area contributed by atoms with Crippen molar-refractivity contribution < 1.29 is 9.90 Å². The fourth-order valence-electron chi connectivity index (χ4n) is 2.23. The van der Waals surface area contributed by atoms with Crippen molar-refractivity contribution in [1.29, 1.82) is 0 Å². The van der Waals surface area contributed by atoms with Crippen LogP contribution in [-0.4, -0.2) is 35.6 Å². The highest BCUT2D eigenvalue weighted by Crippen LogP contribution is 2.18. The summed E-state index contributed by atoms with van der Waals surface area (Å²) in [7, 11) is 0. The normalized spacial score (nSPS) is 14.2. The molecule has 1 aliphatic rings. The molecule has 3 nitrogen and oxygen atoms in total. The van der Waals surface area contributed by atoms with E-state index in [0.29, 0.717) is 0 Å². The highest BCUT2D eigenvalue weighted by atomic mass is 16.2. The first-order valence-electron chi connectivity index (χ1n) is 6.22. The maximum absolute atomic E-state index is 12.3. The molecule has 1 fully saturated rings. The number of aliphatic hydroxyl groups excluding tert-OH is 1. The molecule has 1 aromatic carbocycles. The second-order valence-electron chi connectivity index (χ2n) is 4.44. The van der Waals surface area contributed by atoms with E-state index in [-0.39, 0.29) is 12.5 Å². The number of likely N-dealkylation sites (tertiary alicyclic amines) is 1. The molecule has 1 N–H and O–H groups in total. The van der Waals surface area contributed by atoms with E-state index in [9.17, 15) is 4.79 Å². The zero-order valence-corrected chi connectivity index (χ0v) is 10.6. The second kappa shape index (κ2) is 5.70. The summed E-state index contributed by atoms with van der Waals surface area (Å²) >= 11 is 0. The van der Waals surface area contributed by atoms with Gasteiger partial charge in [-0.2, -0.15) is 0 Å². The van der Waals surface area contributed by atoms with E-state index in [4.69, 9.17) is 5.11 Å². The Morgan fingerprint density at radius 3 is 2.78 bits per heavy atom. The van der Waals surface area contributed by atoms with E-state index in [1.165, 1.54) is 0 Å². The van der Waals surface area contributed by atoms with Gasteiger partial charge in [-0.05, 0) is 37.5 Å². The van der Waals surface area contributed by atoms with Gasteiger partial charge in [0.25, 0.3) is 5.91 Å². The van der Waals surface area contributed by atoms with Crippen molar-refractivity contribution >= 4 is 5.91 Å². The third-order valence-electron chi connectivity index (χ3n) is 3.26. The van der Waals surface area contributed by atoms with Gasteiger partial charge in [0.2, 0.25) is 0 Å². The summed E-state index contributed by atoms with van der Waals surface area (Å²) in [6.07, 6.45) is 2.18. The van der Waals surface area contributed by atoms with E-state index in [2.05, 4.69) is 11.8 Å². The lowest BCUT2D eigenvalue weighted by molar-refractivity contribution is 0.0792. The Kier molecular flexibility index (Phi) is 4.01. The summed E-state index contributed by atoms with van der Waals surface area (Å²) < 4.78 is 0. The Labute approximate surface area is 107 Å². The third-order valence-corrected chi connectivity index (χ3v) is 3.26. The summed E-state index contributed by atoms with van der Waals surface area (Å²) in [5.41, 5.74) is 2.44. The average molecular weight is 243 g/mol. The lowest BCUT2D eigenvalue weighted by Gasteiger charge is -2.17. The maximum Gasteiger partial charge on any atom is 0.254 e. The number of rotatable bonds is 1. The van der Waals surface area contributed by atoms with E-state index in [1.807, 2.05) is 30.0 Å². The number of carbonyl (C=O) groups is 1. The largest absolute Gasteiger partial charge is 0.384 e. The average Bonchev–Trinajstić information content (AvgIpc) is 2.91. The molecule has 94 valence electrons. The van der Waals surface area contributed by atoms with Crippen molar-refractivity contribution in [2.24, 2.45) is 0 Å². The minimum atomic E-state index is -0.163. The number of amides is 1. The Hall–Kier alpha value is -1.79. The van der Waals surface area contributed by atoms with Crippen molar-refractivity contribution in [2.75, 3.05) is 19.7 Å². The molecule has 3 heteroatoms. The van der Waals surface area contributed by atoms with Crippen molar-refractivity contribution in [3.8, 4) is 11.8 Å². The van der Waals surface area contributed by atoms with Gasteiger partial charge >= 0.3 is 0 Å². The monoisotopic (exact) mass is 243 g/mol. The van der Waals surface area contributed by atoms with Gasteiger partial charge < -0.3 is 10.0 Å². The van der Waals surface area contributed by atoms with Crippen LogP contribution >= 0.6 is 0 Å². The third kappa shape index (κ3) is 2.55. The first kappa shape index (κ1) is 12.7. The first-order chi connectivity index (χ1) is 8.74. The molecular formula is C15H17NO2. The van der Waals surface area contributed by atoms with Crippen molar-refractivity contribution in [3.05, 3.63) is 34.9 Å². The summed E-state index contributed by atoms with van der Waals surface area (Å²) in [4.78, 5) is 14.2. The summed E-state index contributed by atoms with van der Waals surface area (Å²) in [5, 5.41) is 8.72. The highest BCUT2D eigenvalue weighted by molar-refractivity contribution is 5.96. The molecule has 1 saturated heterocycles. The SMILES string of the molecule is Cc1c(C#CCO)cccc1C(=O)N1CCCC1. The quantitative estimate of drug-likeness (QED) is 0.761. The van der Waals surface area contributed by atoms with Crippen LogP contribution in [0.1, 0.15) is 34.3 Å². The molecule has 18 heavy (non-hydrogen) atoms. The Morgan fingerprint density at radius 1 is 1.39 bits per heavy atom. The van der Waals surface area contributed by atoms with Gasteiger partial charge in [-0.25, -0.2) is 0 Å². The summed E-state index contributed by atoms with van der Waals surface area (Å²) in [6.45, 7) is 3.45. The smallest absolute Gasteiger partial charge is 0.254 e. The van der Waals surface area contributed by atoms with Gasteiger partial charge in [-0.3, -0.25) is 4.79 Å². The van der Waals surface area contributed by atoms with Gasteiger partial charge in [0.15, 0.2) is 0 Å². The molecule has 1 heterocycles. The van der Waals surface area contributed by atoms with E-state index in [0.717, 1.165) is 42.6 Å². The fourth-order valence-corrected chi connectivity index (χ4v) is 2.23. The van der Waals surface area contributed by atoms with Crippen LogP contribution in [0.4, 0.5) is 0 Å². The number of hydrogen-bond acceptors (Lipinski definition) is 2. The molecule has 0 saturated carbocycles. The lowest BCUT2D eigenvalue weighted by Crippen LogP contribution is -2.28. The minimum absolute atomic E-state index is 0.0950. The highest BCUT2D eigenvalue weighted by Gasteiger charge is 2.21. The molecule has 0 radical (unpaired) electrons. The standard InChI is InChI=1S/C15H17NO2/c1-12-13(7-5-11-17)6-4-8-14(12)15(18)16-9-2-3-10-16/h4,6,8,17H,2-3,9-11H2,1H3. The van der Waals surface area contributed by atoms with Crippen LogP contribution in [-0.2, 0) is 0 Å². The molecule has 2 rings (SSSR count). The zero-order valence-electron chi connectivity index (χ0n) is 10.6. The fraction of sp³-hybridized carbons (Fsp3) is 0.400. The van der Waals surface area contributed by atoms with Crippen LogP contribution in [0, 0.1) is 18.8 Å². The Balaban J connectivity index is 2.30. The molecule has 0 unspecified atom stereocenters. The molecule has 0 atom stereocenters. The van der Waals surface area contributed by atoms with Gasteiger partial charge in [-0.1, -0.05) is 17.9 Å². The van der Waals surface area contributed by atoms with Crippen LogP contribution in [0.25, 0.3) is 0 Å². The summed E-state index contributed by atoms with van der Waals surface area (Å²) in [6, 6.07) is 5.57. The molecule has 1 amide bonds. The maximum atomic E-state index is 12.3. The van der Waals surface area contributed by atoms with Crippen molar-refractivity contribution in [1.82, 2.24) is 4.90 Å². The van der Waals surface area contributed by atoms with Crippen LogP contribution in [0.15, 0.2) is 18.2 Å². The van der Waals surface area contributed by atoms with Gasteiger partial charge in [0.1, 0.15) is 6.61 Å². The predicted molar refractivity (Wildman–Crippen MR) is 70.3 cm³/mol. The summed E-state index contributed by atoms with van der Waals surface area (Å²) in [5.74, 6) is 5.59. The molecule has 1 aromatic rings. The van der Waals surface area contributed by atoms with E-state index >= 15 is 0 Å². The molecule has 0 spiro atoms. The van der Waals surface area contributed by atoms with Crippen molar-refractivity contribution in [3.63, 3.8) is 0 Å². The van der Waals surface area contributed by atoms with Crippen LogP contribution in [0.5, 0.6) is 0 Å². The second-order valence-corrected chi connectivity index (χ2v) is 4.44. The molecule has 0 aromatic heterocycles. The number of nitrogens with zero attached hydrogens (tertiary/aromatic N) is 1. The number of carbonyl (C=O) groups excluding carboxylic acids is 1. The lowest BCUT2D eigenvalue weighted by atomic mass is 10.0. The predicted octanol–water partition coefficient (Wildman–Crippen LogP) is 1.57. The molecular weight excluding hydrogens is 226 g/mol. The minimum Gasteiger partial charge on any atom is -0.384 e. The first-order valence-corrected chi connectivity index (χ1v) is 6.22. The van der Waals surface area contributed by atoms with Crippen LogP contribution < -0.4 is 0 Å². The number of hydrogen-bond donors (Lipinski definition) is 1. The molecule has 0 aliphatic carbocycles. The zero-order chi connectivity index (χ0) is 13.0. The van der Waals surface area contributed by atoms with Gasteiger partial charge in [0.05, 0.1) is 0 Å². The Morgan fingerprint density at radius 2 is 2.11 bits per heavy atom. The number of benzene rings is 1. The number of aliphatic hydroxyl groups is 1. The molecule has 1 aliphatic heterocycles. The van der Waals surface area contributed by atoms with E-state index in [1.54, 1.807) is 0 Å². The van der Waals surface area contributed by atoms with E-state index < -0.39 is 0 Å². The van der Waals surface area contributed by atoms with Crippen LogP contribution in [0.2, 0.25) is 0 Å².